The zero-order chi connectivity index (χ0) is 102. The molecule has 143 heavy (non-hydrogen) atoms. The van der Waals surface area contributed by atoms with E-state index in [-0.39, 0.29) is 22.2 Å². The van der Waals surface area contributed by atoms with Crippen LogP contribution in [0.3, 0.4) is 0 Å². The first kappa shape index (κ1) is 102. The van der Waals surface area contributed by atoms with Gasteiger partial charge in [0.15, 0.2) is 0 Å². The Morgan fingerprint density at radius 3 is 0.860 bits per heavy atom. The number of pyridine rings is 4. The van der Waals surface area contributed by atoms with Crippen molar-refractivity contribution < 1.29 is 0 Å². The SMILES string of the molecule is CCC.CCN[C@](c1ccc(Cl)cc1)(c1ccc2c(c1)c(-c1cccc(Cl)c1)cc(=O)n2C)c1cncn1C.CCn1c(=O)cc(-c2cccc(Cl)c2)c2cc([C@](N)(c3ccc(Cl)cc3)c3cncn3C)ccc21.CCn1cncc1[C@@](N)(c1ccc(Cl)cc1)c1ccc2c(c1)c(-c1cccc(Cl)c1)cc(=O)n2C.Cn1cncc1[C@@](N)(c1ccc(Cl)cc1)c1ccc2c(c1)c(-c1cccc(Cl)c1)cc(=O)n2C. The highest BCUT2D eigenvalue weighted by atomic mass is 35.5. The molecule has 20 aromatic rings. The van der Waals surface area contributed by atoms with Gasteiger partial charge in [-0.25, -0.2) is 19.9 Å². The number of imidazole rings is 4. The van der Waals surface area contributed by atoms with E-state index in [1.54, 1.807) is 108 Å². The predicted octanol–water partition coefficient (Wildman–Crippen LogP) is 25.0. The zero-order valence-electron chi connectivity index (χ0n) is 80.4. The zero-order valence-corrected chi connectivity index (χ0v) is 86.5. The Morgan fingerprint density at radius 2 is 0.552 bits per heavy atom. The van der Waals surface area contributed by atoms with Crippen molar-refractivity contribution in [1.29, 1.82) is 0 Å². The summed E-state index contributed by atoms with van der Waals surface area (Å²) in [7, 11) is 11.2. The maximum absolute atomic E-state index is 13.0. The molecule has 0 amide bonds. The third kappa shape index (κ3) is 20.3. The Labute approximate surface area is 868 Å². The maximum Gasteiger partial charge on any atom is 0.251 e. The number of fused-ring (bicyclic) bond motifs is 4. The second-order valence-electron chi connectivity index (χ2n) is 35.1. The fourth-order valence-electron chi connectivity index (χ4n) is 19.0. The second kappa shape index (κ2) is 43.3. The Kier molecular flexibility index (Phi) is 31.0. The van der Waals surface area contributed by atoms with E-state index in [1.807, 2.05) is 295 Å². The van der Waals surface area contributed by atoms with E-state index >= 15 is 0 Å². The van der Waals surface area contributed by atoms with E-state index in [2.05, 4.69) is 77.2 Å². The van der Waals surface area contributed by atoms with Gasteiger partial charge in [-0.2, -0.15) is 0 Å². The van der Waals surface area contributed by atoms with Crippen molar-refractivity contribution in [1.82, 2.24) is 61.8 Å². The van der Waals surface area contributed by atoms with Gasteiger partial charge < -0.3 is 53.7 Å². The third-order valence-corrected chi connectivity index (χ3v) is 28.2. The number of aryl methyl sites for hydroxylation is 8. The summed E-state index contributed by atoms with van der Waals surface area (Å²) in [5.74, 6) is 0. The van der Waals surface area contributed by atoms with Crippen molar-refractivity contribution in [3.8, 4) is 44.5 Å². The summed E-state index contributed by atoms with van der Waals surface area (Å²) in [5, 5.41) is 12.4. The van der Waals surface area contributed by atoms with Gasteiger partial charge >= 0.3 is 0 Å². The molecular formula is C115H104Cl8N16O4. The smallest absolute Gasteiger partial charge is 0.251 e. The van der Waals surface area contributed by atoms with Crippen LogP contribution in [0.4, 0.5) is 0 Å². The molecule has 8 aromatic heterocycles. The fourth-order valence-corrected chi connectivity index (χ4v) is 20.2. The molecule has 12 aromatic carbocycles. The molecule has 0 radical (unpaired) electrons. The van der Waals surface area contributed by atoms with Crippen molar-refractivity contribution >= 4 is 136 Å². The lowest BCUT2D eigenvalue weighted by atomic mass is 9.79. The number of nitrogens with one attached hydrogen (secondary N) is 1. The Morgan fingerprint density at radius 1 is 0.280 bits per heavy atom. The van der Waals surface area contributed by atoms with Crippen molar-refractivity contribution in [3.63, 3.8) is 0 Å². The van der Waals surface area contributed by atoms with Gasteiger partial charge in [-0.05, 0) is 255 Å². The van der Waals surface area contributed by atoms with E-state index in [1.165, 1.54) is 6.42 Å². The van der Waals surface area contributed by atoms with Crippen LogP contribution in [0.15, 0.2) is 360 Å². The van der Waals surface area contributed by atoms with E-state index in [9.17, 15) is 19.2 Å². The minimum absolute atomic E-state index is 0.0638. The number of nitrogens with zero attached hydrogens (tertiary/aromatic N) is 12. The van der Waals surface area contributed by atoms with Crippen molar-refractivity contribution in [2.75, 3.05) is 6.54 Å². The van der Waals surface area contributed by atoms with Crippen LogP contribution in [0.5, 0.6) is 0 Å². The molecule has 0 saturated carbocycles. The standard InChI is InChI=1S/C29H26Cl2N4O.2C28H24Cl2N4O.C27H22Cl2N4O.C3H8/c1-4-33-29(27-17-32-18-34(27)2,20-8-11-22(30)12-9-20)21-10-13-26-25(15-21)24(16-28(36)35(26)3)19-6-5-7-23(31)14-19;1-3-34-17-32-16-26(34)28(31,19-7-10-21(29)11-8-19)20-9-12-25-24(14-20)23(15-27(35)33(25)2)18-5-4-6-22(30)13-18;1-3-34-25-12-9-20(14-24(25)23(15-27(34)35)18-5-4-6-22(30)13-18)28(31,26-16-32-17-33(26)2)19-7-10-21(29)11-8-19;1-32-16-31-15-25(32)27(30,18-6-9-20(28)10-7-18)19-8-11-24-23(13-19)22(14-26(34)33(24)2)17-4-3-5-21(29)12-17;1-3-2/h5-18,33H,4H2,1-3H3;2*4-17H,3,31H2,1-2H3;3-16H,30H2,1-2H3;3H2,1-2H3/t29-;2*28-;27-;/m1111./s1. The molecule has 4 atom stereocenters. The predicted molar refractivity (Wildman–Crippen MR) is 588 cm³/mol. The molecule has 0 aliphatic rings. The van der Waals surface area contributed by atoms with Crippen LogP contribution in [0.1, 0.15) is 108 Å². The van der Waals surface area contributed by atoms with Crippen molar-refractivity contribution in [2.24, 2.45) is 59.5 Å². The van der Waals surface area contributed by atoms with Gasteiger partial charge in [0.25, 0.3) is 22.2 Å². The molecule has 0 saturated heterocycles. The minimum atomic E-state index is -1.01. The highest BCUT2D eigenvalue weighted by molar-refractivity contribution is 6.33. The van der Waals surface area contributed by atoms with E-state index in [4.69, 9.17) is 110 Å². The summed E-state index contributed by atoms with van der Waals surface area (Å²) in [6.07, 6.45) is 15.6. The first-order chi connectivity index (χ1) is 68.7. The number of aromatic nitrogens is 12. The Bertz CT molecular complexity index is 8380. The molecule has 20 nitrogen and oxygen atoms in total. The molecule has 724 valence electrons. The highest BCUT2D eigenvalue weighted by Gasteiger charge is 2.42. The lowest BCUT2D eigenvalue weighted by molar-refractivity contribution is 0.462. The van der Waals surface area contributed by atoms with Gasteiger partial charge in [0.2, 0.25) is 0 Å². The van der Waals surface area contributed by atoms with Crippen LogP contribution in [-0.4, -0.2) is 63.0 Å². The van der Waals surface area contributed by atoms with Crippen LogP contribution in [0, 0.1) is 0 Å². The van der Waals surface area contributed by atoms with Crippen LogP contribution in [0.2, 0.25) is 40.2 Å². The Hall–Kier alpha value is -13.5. The van der Waals surface area contributed by atoms with Crippen LogP contribution in [-0.2, 0) is 77.5 Å². The fraction of sp³-hybridized carbons (Fsp3) is 0.165. The lowest BCUT2D eigenvalue weighted by Gasteiger charge is -2.36. The molecule has 0 aliphatic carbocycles. The average Bonchev–Trinajstić information content (AvgIpc) is 1.42. The van der Waals surface area contributed by atoms with E-state index in [0.717, 1.165) is 162 Å². The molecule has 0 unspecified atom stereocenters. The van der Waals surface area contributed by atoms with Gasteiger partial charge in [0, 0.05) is 141 Å². The van der Waals surface area contributed by atoms with Crippen molar-refractivity contribution in [3.05, 3.63) is 490 Å². The summed E-state index contributed by atoms with van der Waals surface area (Å²) >= 11 is 50.0. The summed E-state index contributed by atoms with van der Waals surface area (Å²) in [6, 6.07) is 91.5. The third-order valence-electron chi connectivity index (χ3n) is 26.2. The summed E-state index contributed by atoms with van der Waals surface area (Å²) in [6.45, 7) is 12.3. The summed E-state index contributed by atoms with van der Waals surface area (Å²) in [4.78, 5) is 68.9. The monoisotopic (exact) mass is 2050 g/mol. The molecule has 0 bridgehead atoms. The molecule has 0 fully saturated rings. The molecule has 0 spiro atoms. The summed E-state index contributed by atoms with van der Waals surface area (Å²) < 4.78 is 14.6. The molecule has 8 heterocycles. The average molecular weight is 2060 g/mol. The van der Waals surface area contributed by atoms with Gasteiger partial charge in [0.05, 0.1) is 94.9 Å². The van der Waals surface area contributed by atoms with Crippen LogP contribution < -0.4 is 44.8 Å². The second-order valence-corrected chi connectivity index (χ2v) is 38.6. The van der Waals surface area contributed by atoms with E-state index in [0.29, 0.717) is 53.3 Å². The number of halogens is 8. The van der Waals surface area contributed by atoms with Gasteiger partial charge in [-0.3, -0.25) is 24.5 Å². The largest absolute Gasteiger partial charge is 0.336 e. The maximum atomic E-state index is 13.0. The quantitative estimate of drug-likeness (QED) is 0.0556. The van der Waals surface area contributed by atoms with Crippen molar-refractivity contribution in [2.45, 2.75) is 76.3 Å². The molecule has 7 N–H and O–H groups in total. The summed E-state index contributed by atoms with van der Waals surface area (Å²) in [5.41, 5.74) is 38.5. The minimum Gasteiger partial charge on any atom is -0.336 e. The first-order valence-electron chi connectivity index (χ1n) is 46.4. The lowest BCUT2D eigenvalue weighted by Crippen LogP contribution is -2.45. The molecule has 0 aliphatic heterocycles. The van der Waals surface area contributed by atoms with E-state index < -0.39 is 22.2 Å². The molecular weight excluding hydrogens is 1950 g/mol. The topological polar surface area (TPSA) is 249 Å². The normalized spacial score (nSPS) is 13.0. The number of benzene rings is 12. The van der Waals surface area contributed by atoms with Gasteiger partial charge in [-0.15, -0.1) is 0 Å². The number of nitrogens with two attached hydrogens (primary N) is 3. The van der Waals surface area contributed by atoms with Crippen LogP contribution in [0.25, 0.3) is 88.1 Å². The Balaban J connectivity index is 0.000000136. The number of hydrogen-bond donors (Lipinski definition) is 4. The number of hydrogen-bond acceptors (Lipinski definition) is 12. The number of rotatable bonds is 20. The van der Waals surface area contributed by atoms with Crippen LogP contribution >= 0.6 is 92.8 Å². The highest BCUT2D eigenvalue weighted by Crippen LogP contribution is 2.46. The first-order valence-corrected chi connectivity index (χ1v) is 49.4. The van der Waals surface area contributed by atoms with Gasteiger partial charge in [0.1, 0.15) is 22.2 Å². The molecule has 28 heteroatoms. The molecule has 20 rings (SSSR count). The van der Waals surface area contributed by atoms with Gasteiger partial charge in [-0.1, -0.05) is 241 Å².